The topological polar surface area (TPSA) is 95.5 Å². The summed E-state index contributed by atoms with van der Waals surface area (Å²) in [5, 5.41) is 14.1. The predicted octanol–water partition coefficient (Wildman–Crippen LogP) is 1.30. The highest BCUT2D eigenvalue weighted by Crippen LogP contribution is 2.01. The normalized spacial score (nSPS) is 12.0. The number of carboxylic acid groups (broad SMARTS) is 1. The number of carboxylic acids is 1. The molecule has 6 heteroatoms. The fraction of sp³-hybridized carbons (Fsp3) is 0.786. The number of rotatable bonds is 10. The van der Waals surface area contributed by atoms with Crippen LogP contribution in [0.15, 0.2) is 0 Å². The molecule has 1 unspecified atom stereocenters. The number of aliphatic carboxylic acids is 1. The van der Waals surface area contributed by atoms with Gasteiger partial charge in [0.2, 0.25) is 11.8 Å². The van der Waals surface area contributed by atoms with Crippen LogP contribution in [0.1, 0.15) is 52.9 Å². The van der Waals surface area contributed by atoms with Gasteiger partial charge in [-0.1, -0.05) is 33.6 Å². The third kappa shape index (κ3) is 9.35. The predicted molar refractivity (Wildman–Crippen MR) is 76.2 cm³/mol. The fourth-order valence-corrected chi connectivity index (χ4v) is 1.69. The first kappa shape index (κ1) is 18.4. The van der Waals surface area contributed by atoms with Crippen LogP contribution in [0.25, 0.3) is 0 Å². The summed E-state index contributed by atoms with van der Waals surface area (Å²) in [5.41, 5.74) is 0. The zero-order valence-electron chi connectivity index (χ0n) is 12.6. The van der Waals surface area contributed by atoms with Crippen LogP contribution in [0.3, 0.4) is 0 Å². The largest absolute Gasteiger partial charge is 0.480 e. The molecule has 0 aromatic carbocycles. The first-order chi connectivity index (χ1) is 9.36. The molecular weight excluding hydrogens is 260 g/mol. The monoisotopic (exact) mass is 286 g/mol. The SMILES string of the molecule is CCCCC(NC(=O)CCNC(=O)CC(C)C)C(=O)O. The molecule has 3 N–H and O–H groups in total. The van der Waals surface area contributed by atoms with E-state index in [0.717, 1.165) is 12.8 Å². The fourth-order valence-electron chi connectivity index (χ4n) is 1.69. The van der Waals surface area contributed by atoms with E-state index in [-0.39, 0.29) is 30.7 Å². The third-order valence-electron chi connectivity index (χ3n) is 2.75. The smallest absolute Gasteiger partial charge is 0.326 e. The first-order valence-corrected chi connectivity index (χ1v) is 7.15. The summed E-state index contributed by atoms with van der Waals surface area (Å²) < 4.78 is 0. The van der Waals surface area contributed by atoms with Crippen LogP contribution in [0.2, 0.25) is 0 Å². The Kier molecular flexibility index (Phi) is 9.41. The van der Waals surface area contributed by atoms with Gasteiger partial charge in [0.25, 0.3) is 0 Å². The van der Waals surface area contributed by atoms with E-state index >= 15 is 0 Å². The molecule has 1 atom stereocenters. The molecule has 0 saturated heterocycles. The number of carbonyl (C=O) groups is 3. The minimum atomic E-state index is -1.02. The van der Waals surface area contributed by atoms with Gasteiger partial charge in [0.15, 0.2) is 0 Å². The molecule has 2 amide bonds. The van der Waals surface area contributed by atoms with Crippen LogP contribution in [-0.2, 0) is 14.4 Å². The highest BCUT2D eigenvalue weighted by atomic mass is 16.4. The van der Waals surface area contributed by atoms with Gasteiger partial charge in [0.05, 0.1) is 0 Å². The van der Waals surface area contributed by atoms with E-state index in [1.54, 1.807) is 0 Å². The minimum Gasteiger partial charge on any atom is -0.480 e. The minimum absolute atomic E-state index is 0.0893. The molecular formula is C14H26N2O4. The van der Waals surface area contributed by atoms with Crippen molar-refractivity contribution < 1.29 is 19.5 Å². The summed E-state index contributed by atoms with van der Waals surface area (Å²) in [6, 6.07) is -0.839. The molecule has 0 rings (SSSR count). The maximum Gasteiger partial charge on any atom is 0.326 e. The first-order valence-electron chi connectivity index (χ1n) is 7.15. The zero-order valence-corrected chi connectivity index (χ0v) is 12.6. The van der Waals surface area contributed by atoms with E-state index in [9.17, 15) is 14.4 Å². The van der Waals surface area contributed by atoms with Crippen molar-refractivity contribution >= 4 is 17.8 Å². The standard InChI is InChI=1S/C14H26N2O4/c1-4-5-6-11(14(19)20)16-12(17)7-8-15-13(18)9-10(2)3/h10-11H,4-9H2,1-3H3,(H,15,18)(H,16,17)(H,19,20). The second kappa shape index (κ2) is 10.2. The molecule has 6 nitrogen and oxygen atoms in total. The molecule has 0 fully saturated rings. The average molecular weight is 286 g/mol. The lowest BCUT2D eigenvalue weighted by Gasteiger charge is -2.14. The summed E-state index contributed by atoms with van der Waals surface area (Å²) >= 11 is 0. The lowest BCUT2D eigenvalue weighted by atomic mass is 10.1. The van der Waals surface area contributed by atoms with Crippen LogP contribution in [0, 0.1) is 5.92 Å². The average Bonchev–Trinajstić information content (AvgIpc) is 2.33. The summed E-state index contributed by atoms with van der Waals surface area (Å²) in [6.07, 6.45) is 2.58. The van der Waals surface area contributed by atoms with Gasteiger partial charge < -0.3 is 15.7 Å². The number of unbranched alkanes of at least 4 members (excludes halogenated alkanes) is 1. The quantitative estimate of drug-likeness (QED) is 0.564. The summed E-state index contributed by atoms with van der Waals surface area (Å²) in [4.78, 5) is 33.9. The molecule has 0 radical (unpaired) electrons. The Labute approximate surface area is 120 Å². The van der Waals surface area contributed by atoms with Crippen molar-refractivity contribution in [3.8, 4) is 0 Å². The van der Waals surface area contributed by atoms with E-state index < -0.39 is 12.0 Å². The highest BCUT2D eigenvalue weighted by Gasteiger charge is 2.18. The van der Waals surface area contributed by atoms with Crippen LogP contribution < -0.4 is 10.6 Å². The van der Waals surface area contributed by atoms with E-state index in [0.29, 0.717) is 12.8 Å². The van der Waals surface area contributed by atoms with Crippen LogP contribution in [-0.4, -0.2) is 35.5 Å². The van der Waals surface area contributed by atoms with E-state index in [1.807, 2.05) is 20.8 Å². The second-order valence-electron chi connectivity index (χ2n) is 5.30. The van der Waals surface area contributed by atoms with Gasteiger partial charge in [-0.2, -0.15) is 0 Å². The van der Waals surface area contributed by atoms with Gasteiger partial charge >= 0.3 is 5.97 Å². The summed E-state index contributed by atoms with van der Waals surface area (Å²) in [5.74, 6) is -1.18. The molecule has 0 aliphatic heterocycles. The number of carbonyl (C=O) groups excluding carboxylic acids is 2. The third-order valence-corrected chi connectivity index (χ3v) is 2.75. The molecule has 0 aliphatic carbocycles. The van der Waals surface area contributed by atoms with Crippen molar-refractivity contribution in [1.82, 2.24) is 10.6 Å². The highest BCUT2D eigenvalue weighted by molar-refractivity contribution is 5.84. The lowest BCUT2D eigenvalue weighted by molar-refractivity contribution is -0.142. The second-order valence-corrected chi connectivity index (χ2v) is 5.30. The van der Waals surface area contributed by atoms with Crippen molar-refractivity contribution in [2.45, 2.75) is 58.9 Å². The molecule has 0 bridgehead atoms. The Bertz CT molecular complexity index is 329. The zero-order chi connectivity index (χ0) is 15.5. The van der Waals surface area contributed by atoms with Crippen LogP contribution >= 0.6 is 0 Å². The summed E-state index contributed by atoms with van der Waals surface area (Å²) in [6.45, 7) is 6.08. The van der Waals surface area contributed by atoms with Crippen molar-refractivity contribution in [2.75, 3.05) is 6.54 Å². The Morgan fingerprint density at radius 1 is 1.15 bits per heavy atom. The molecule has 0 aliphatic rings. The van der Waals surface area contributed by atoms with Crippen molar-refractivity contribution in [3.63, 3.8) is 0 Å². The summed E-state index contributed by atoms with van der Waals surface area (Å²) in [7, 11) is 0. The number of hydrogen-bond acceptors (Lipinski definition) is 3. The van der Waals surface area contributed by atoms with Gasteiger partial charge in [0.1, 0.15) is 6.04 Å². The van der Waals surface area contributed by atoms with E-state index in [1.165, 1.54) is 0 Å². The molecule has 0 heterocycles. The Balaban J connectivity index is 3.96. The van der Waals surface area contributed by atoms with E-state index in [2.05, 4.69) is 10.6 Å². The Morgan fingerprint density at radius 2 is 1.80 bits per heavy atom. The maximum atomic E-state index is 11.6. The maximum absolute atomic E-state index is 11.6. The van der Waals surface area contributed by atoms with E-state index in [4.69, 9.17) is 5.11 Å². The molecule has 116 valence electrons. The molecule has 20 heavy (non-hydrogen) atoms. The van der Waals surface area contributed by atoms with Crippen molar-refractivity contribution in [1.29, 1.82) is 0 Å². The molecule has 0 spiro atoms. The van der Waals surface area contributed by atoms with Crippen LogP contribution in [0.5, 0.6) is 0 Å². The number of amides is 2. The molecule has 0 saturated carbocycles. The van der Waals surface area contributed by atoms with Crippen LogP contribution in [0.4, 0.5) is 0 Å². The number of nitrogens with one attached hydrogen (secondary N) is 2. The van der Waals surface area contributed by atoms with Gasteiger partial charge in [-0.3, -0.25) is 9.59 Å². The van der Waals surface area contributed by atoms with Gasteiger partial charge in [-0.15, -0.1) is 0 Å². The van der Waals surface area contributed by atoms with Crippen molar-refractivity contribution in [2.24, 2.45) is 5.92 Å². The number of hydrogen-bond donors (Lipinski definition) is 3. The van der Waals surface area contributed by atoms with Gasteiger partial charge in [-0.25, -0.2) is 4.79 Å². The van der Waals surface area contributed by atoms with Gasteiger partial charge in [-0.05, 0) is 12.3 Å². The van der Waals surface area contributed by atoms with Gasteiger partial charge in [0, 0.05) is 19.4 Å². The Morgan fingerprint density at radius 3 is 2.30 bits per heavy atom. The Hall–Kier alpha value is -1.59. The molecule has 0 aromatic rings. The molecule has 0 aromatic heterocycles. The van der Waals surface area contributed by atoms with Crippen molar-refractivity contribution in [3.05, 3.63) is 0 Å². The lowest BCUT2D eigenvalue weighted by Crippen LogP contribution is -2.42.